The van der Waals surface area contributed by atoms with Gasteiger partial charge in [0.05, 0.1) is 0 Å². The molecule has 0 radical (unpaired) electrons. The third kappa shape index (κ3) is 1.07. The first-order chi connectivity index (χ1) is 4.63. The molecule has 0 aromatic carbocycles. The molecule has 0 aromatic rings. The maximum atomic E-state index is 10.6. The summed E-state index contributed by atoms with van der Waals surface area (Å²) in [5.74, 6) is 0. The number of amides is 1. The van der Waals surface area contributed by atoms with Gasteiger partial charge in [-0.25, -0.2) is 4.79 Å². The summed E-state index contributed by atoms with van der Waals surface area (Å²) in [5, 5.41) is -0.562. The Kier molecular flexibility index (Phi) is 1.80. The van der Waals surface area contributed by atoms with Crippen LogP contribution in [0, 0.1) is 0 Å². The van der Waals surface area contributed by atoms with E-state index in [2.05, 4.69) is 4.74 Å². The van der Waals surface area contributed by atoms with Crippen LogP contribution in [0.4, 0.5) is 4.79 Å². The second-order valence-electron chi connectivity index (χ2n) is 2.01. The Morgan fingerprint density at radius 1 is 1.90 bits per heavy atom. The molecule has 1 saturated heterocycles. The van der Waals surface area contributed by atoms with Crippen LogP contribution in [-0.4, -0.2) is 35.9 Å². The highest BCUT2D eigenvalue weighted by atomic mass is 35.5. The SMILES string of the molecule is CN1C(=O)OCC1C(=O)Cl. The van der Waals surface area contributed by atoms with Crippen molar-refractivity contribution in [2.75, 3.05) is 13.7 Å². The van der Waals surface area contributed by atoms with Crippen LogP contribution in [0.1, 0.15) is 0 Å². The lowest BCUT2D eigenvalue weighted by molar-refractivity contribution is -0.114. The minimum atomic E-state index is -0.603. The summed E-state index contributed by atoms with van der Waals surface area (Å²) >= 11 is 5.13. The van der Waals surface area contributed by atoms with Crippen molar-refractivity contribution in [2.24, 2.45) is 0 Å². The molecule has 1 aliphatic rings. The van der Waals surface area contributed by atoms with Gasteiger partial charge in [-0.3, -0.25) is 9.69 Å². The van der Waals surface area contributed by atoms with Crippen molar-refractivity contribution in [3.63, 3.8) is 0 Å². The standard InChI is InChI=1S/C5H6ClNO3/c1-7-3(4(6)8)2-10-5(7)9/h3H,2H2,1H3. The van der Waals surface area contributed by atoms with E-state index in [0.717, 1.165) is 0 Å². The first-order valence-electron chi connectivity index (χ1n) is 2.72. The van der Waals surface area contributed by atoms with Crippen LogP contribution >= 0.6 is 11.6 Å². The minimum Gasteiger partial charge on any atom is -0.447 e. The first-order valence-corrected chi connectivity index (χ1v) is 3.09. The van der Waals surface area contributed by atoms with E-state index in [1.54, 1.807) is 0 Å². The van der Waals surface area contributed by atoms with Gasteiger partial charge in [0.15, 0.2) is 0 Å². The Labute approximate surface area is 62.7 Å². The van der Waals surface area contributed by atoms with Crippen LogP contribution in [0.2, 0.25) is 0 Å². The summed E-state index contributed by atoms with van der Waals surface area (Å²) in [6, 6.07) is -0.603. The van der Waals surface area contributed by atoms with Gasteiger partial charge in [-0.15, -0.1) is 0 Å². The number of cyclic esters (lactones) is 1. The van der Waals surface area contributed by atoms with Gasteiger partial charge in [0.1, 0.15) is 12.6 Å². The summed E-state index contributed by atoms with van der Waals surface area (Å²) in [5.41, 5.74) is 0. The third-order valence-electron chi connectivity index (χ3n) is 1.38. The highest BCUT2D eigenvalue weighted by Crippen LogP contribution is 2.11. The van der Waals surface area contributed by atoms with Crippen LogP contribution in [0.25, 0.3) is 0 Å². The molecular formula is C5H6ClNO3. The Morgan fingerprint density at radius 3 is 2.70 bits per heavy atom. The summed E-state index contributed by atoms with van der Waals surface area (Å²) in [6.07, 6.45) is -0.501. The molecule has 0 saturated carbocycles. The molecular weight excluding hydrogens is 158 g/mol. The van der Waals surface area contributed by atoms with Crippen molar-refractivity contribution in [3.05, 3.63) is 0 Å². The maximum Gasteiger partial charge on any atom is 0.410 e. The number of nitrogens with zero attached hydrogens (tertiary/aromatic N) is 1. The van der Waals surface area contributed by atoms with E-state index in [0.29, 0.717) is 0 Å². The van der Waals surface area contributed by atoms with Crippen LogP contribution in [0.5, 0.6) is 0 Å². The van der Waals surface area contributed by atoms with Gasteiger partial charge >= 0.3 is 6.09 Å². The molecule has 0 aliphatic carbocycles. The van der Waals surface area contributed by atoms with Gasteiger partial charge in [-0.05, 0) is 11.6 Å². The molecule has 1 aliphatic heterocycles. The molecule has 10 heavy (non-hydrogen) atoms. The van der Waals surface area contributed by atoms with Gasteiger partial charge in [-0.1, -0.05) is 0 Å². The van der Waals surface area contributed by atoms with E-state index in [4.69, 9.17) is 11.6 Å². The molecule has 1 fully saturated rings. The smallest absolute Gasteiger partial charge is 0.410 e. The fraction of sp³-hybridized carbons (Fsp3) is 0.600. The Hall–Kier alpha value is -0.770. The Balaban J connectivity index is 2.66. The summed E-state index contributed by atoms with van der Waals surface area (Å²) in [6.45, 7) is 0.0671. The monoisotopic (exact) mass is 163 g/mol. The molecule has 4 nitrogen and oxygen atoms in total. The normalized spacial score (nSPS) is 24.8. The van der Waals surface area contributed by atoms with Crippen molar-refractivity contribution in [1.82, 2.24) is 4.90 Å². The predicted octanol–water partition coefficient (Wildman–Crippen LogP) is 0.202. The molecule has 0 bridgehead atoms. The molecule has 1 amide bonds. The topological polar surface area (TPSA) is 46.6 Å². The van der Waals surface area contributed by atoms with Crippen LogP contribution in [0.3, 0.4) is 0 Å². The average molecular weight is 164 g/mol. The van der Waals surface area contributed by atoms with Gasteiger partial charge in [0.2, 0.25) is 5.24 Å². The largest absolute Gasteiger partial charge is 0.447 e. The van der Waals surface area contributed by atoms with Crippen molar-refractivity contribution >= 4 is 22.9 Å². The molecule has 1 rings (SSSR count). The maximum absolute atomic E-state index is 10.6. The van der Waals surface area contributed by atoms with Crippen molar-refractivity contribution in [1.29, 1.82) is 0 Å². The van der Waals surface area contributed by atoms with Crippen molar-refractivity contribution in [3.8, 4) is 0 Å². The van der Waals surface area contributed by atoms with Crippen LogP contribution in [0.15, 0.2) is 0 Å². The minimum absolute atomic E-state index is 0.0671. The van der Waals surface area contributed by atoms with Crippen LogP contribution < -0.4 is 0 Å². The molecule has 56 valence electrons. The highest BCUT2D eigenvalue weighted by molar-refractivity contribution is 6.64. The molecule has 5 heteroatoms. The fourth-order valence-corrected chi connectivity index (χ4v) is 0.918. The van der Waals surface area contributed by atoms with Gasteiger partial charge in [0, 0.05) is 7.05 Å². The van der Waals surface area contributed by atoms with E-state index in [1.165, 1.54) is 11.9 Å². The van der Waals surface area contributed by atoms with E-state index < -0.39 is 17.4 Å². The predicted molar refractivity (Wildman–Crippen MR) is 33.8 cm³/mol. The molecule has 1 heterocycles. The zero-order valence-corrected chi connectivity index (χ0v) is 6.09. The quantitative estimate of drug-likeness (QED) is 0.519. The lowest BCUT2D eigenvalue weighted by Gasteiger charge is -2.09. The molecule has 1 atom stereocenters. The molecule has 1 unspecified atom stereocenters. The Bertz CT molecular complexity index is 182. The van der Waals surface area contributed by atoms with Gasteiger partial charge < -0.3 is 4.74 Å². The zero-order chi connectivity index (χ0) is 7.72. The second-order valence-corrected chi connectivity index (χ2v) is 2.38. The van der Waals surface area contributed by atoms with Crippen molar-refractivity contribution in [2.45, 2.75) is 6.04 Å². The zero-order valence-electron chi connectivity index (χ0n) is 5.33. The number of rotatable bonds is 1. The number of carbonyl (C=O) groups is 2. The molecule has 0 N–H and O–H groups in total. The highest BCUT2D eigenvalue weighted by Gasteiger charge is 2.33. The number of carbonyl (C=O) groups excluding carboxylic acids is 2. The van der Waals surface area contributed by atoms with Crippen molar-refractivity contribution < 1.29 is 14.3 Å². The number of ether oxygens (including phenoxy) is 1. The van der Waals surface area contributed by atoms with E-state index in [-0.39, 0.29) is 6.61 Å². The Morgan fingerprint density at radius 2 is 2.50 bits per heavy atom. The summed E-state index contributed by atoms with van der Waals surface area (Å²) in [4.78, 5) is 22.3. The number of halogens is 1. The summed E-state index contributed by atoms with van der Waals surface area (Å²) < 4.78 is 4.52. The van der Waals surface area contributed by atoms with E-state index in [9.17, 15) is 9.59 Å². The molecule has 0 spiro atoms. The summed E-state index contributed by atoms with van der Waals surface area (Å²) in [7, 11) is 1.47. The lowest BCUT2D eigenvalue weighted by Crippen LogP contribution is -2.33. The van der Waals surface area contributed by atoms with E-state index >= 15 is 0 Å². The lowest BCUT2D eigenvalue weighted by atomic mass is 10.3. The third-order valence-corrected chi connectivity index (χ3v) is 1.63. The number of hydrogen-bond acceptors (Lipinski definition) is 3. The van der Waals surface area contributed by atoms with Crippen LogP contribution in [-0.2, 0) is 9.53 Å². The van der Waals surface area contributed by atoms with E-state index in [1.807, 2.05) is 0 Å². The van der Waals surface area contributed by atoms with Gasteiger partial charge in [-0.2, -0.15) is 0 Å². The fourth-order valence-electron chi connectivity index (χ4n) is 0.709. The number of likely N-dealkylation sites (N-methyl/N-ethyl adjacent to an activating group) is 1. The average Bonchev–Trinajstić information content (AvgIpc) is 2.14. The van der Waals surface area contributed by atoms with Gasteiger partial charge in [0.25, 0.3) is 0 Å². The first kappa shape index (κ1) is 7.34. The molecule has 0 aromatic heterocycles. The number of hydrogen-bond donors (Lipinski definition) is 0. The second kappa shape index (κ2) is 2.46.